The van der Waals surface area contributed by atoms with Crippen molar-refractivity contribution in [1.82, 2.24) is 15.2 Å². The Bertz CT molecular complexity index is 419. The van der Waals surface area contributed by atoms with E-state index in [-0.39, 0.29) is 11.9 Å². The summed E-state index contributed by atoms with van der Waals surface area (Å²) in [6.07, 6.45) is 2.08. The first-order chi connectivity index (χ1) is 10.1. The first kappa shape index (κ1) is 18.1. The van der Waals surface area contributed by atoms with E-state index >= 15 is 0 Å². The molecule has 0 aromatic carbocycles. The second kappa shape index (κ2) is 9.87. The van der Waals surface area contributed by atoms with E-state index in [2.05, 4.69) is 29.0 Å². The van der Waals surface area contributed by atoms with E-state index < -0.39 is 0 Å². The number of hydrogen-bond acceptors (Lipinski definition) is 5. The summed E-state index contributed by atoms with van der Waals surface area (Å²) in [7, 11) is 1.62. The molecule has 0 aliphatic heterocycles. The molecule has 0 aliphatic carbocycles. The molecular weight excluding hydrogens is 286 g/mol. The number of nitrogens with one attached hydrogen (secondary N) is 1. The Morgan fingerprint density at radius 3 is 2.81 bits per heavy atom. The molecule has 21 heavy (non-hydrogen) atoms. The molecule has 0 radical (unpaired) electrons. The Hall–Kier alpha value is -0.980. The molecule has 1 aromatic heterocycles. The first-order valence-electron chi connectivity index (χ1n) is 7.57. The highest BCUT2D eigenvalue weighted by Crippen LogP contribution is 2.11. The summed E-state index contributed by atoms with van der Waals surface area (Å²) in [5.74, 6) is -0.0936. The van der Waals surface area contributed by atoms with Gasteiger partial charge < -0.3 is 15.0 Å². The predicted molar refractivity (Wildman–Crippen MR) is 86.8 cm³/mol. The van der Waals surface area contributed by atoms with E-state index in [9.17, 15) is 4.79 Å². The van der Waals surface area contributed by atoms with Crippen LogP contribution in [0.3, 0.4) is 0 Å². The molecule has 0 saturated carbocycles. The van der Waals surface area contributed by atoms with Gasteiger partial charge in [-0.2, -0.15) is 0 Å². The molecular formula is C15H27N3O2S. The summed E-state index contributed by atoms with van der Waals surface area (Å²) < 4.78 is 5.01. The van der Waals surface area contributed by atoms with E-state index in [0.29, 0.717) is 12.3 Å². The van der Waals surface area contributed by atoms with E-state index in [4.69, 9.17) is 4.74 Å². The van der Waals surface area contributed by atoms with Gasteiger partial charge in [0.15, 0.2) is 0 Å². The minimum Gasteiger partial charge on any atom is -0.378 e. The predicted octanol–water partition coefficient (Wildman–Crippen LogP) is 2.53. The van der Waals surface area contributed by atoms with Crippen LogP contribution in [0.5, 0.6) is 0 Å². The minimum atomic E-state index is -0.0936. The van der Waals surface area contributed by atoms with E-state index in [1.165, 1.54) is 11.3 Å². The van der Waals surface area contributed by atoms with Gasteiger partial charge >= 0.3 is 0 Å². The Balaban J connectivity index is 2.32. The third-order valence-corrected chi connectivity index (χ3v) is 4.26. The quantitative estimate of drug-likeness (QED) is 0.721. The van der Waals surface area contributed by atoms with Gasteiger partial charge in [-0.3, -0.25) is 4.79 Å². The van der Waals surface area contributed by atoms with Crippen LogP contribution >= 0.6 is 11.3 Å². The first-order valence-corrected chi connectivity index (χ1v) is 8.45. The maximum atomic E-state index is 12.1. The van der Waals surface area contributed by atoms with Gasteiger partial charge in [0.05, 0.1) is 6.61 Å². The third kappa shape index (κ3) is 6.54. The van der Waals surface area contributed by atoms with Gasteiger partial charge in [0, 0.05) is 18.5 Å². The highest BCUT2D eigenvalue weighted by atomic mass is 32.1. The molecule has 0 spiro atoms. The molecule has 1 amide bonds. The van der Waals surface area contributed by atoms with Gasteiger partial charge in [0.25, 0.3) is 5.91 Å². The van der Waals surface area contributed by atoms with Crippen LogP contribution in [0, 0.1) is 0 Å². The second-order valence-electron chi connectivity index (χ2n) is 5.10. The van der Waals surface area contributed by atoms with Crippen LogP contribution in [0.2, 0.25) is 0 Å². The van der Waals surface area contributed by atoms with Crippen LogP contribution in [0.4, 0.5) is 0 Å². The number of aromatic nitrogens is 1. The molecule has 0 aliphatic rings. The van der Waals surface area contributed by atoms with Crippen molar-refractivity contribution in [3.63, 3.8) is 0 Å². The summed E-state index contributed by atoms with van der Waals surface area (Å²) in [6.45, 7) is 10.1. The highest BCUT2D eigenvalue weighted by Gasteiger charge is 2.13. The van der Waals surface area contributed by atoms with Gasteiger partial charge in [-0.05, 0) is 39.4 Å². The number of ether oxygens (including phenoxy) is 1. The second-order valence-corrected chi connectivity index (χ2v) is 6.05. The van der Waals surface area contributed by atoms with Crippen molar-refractivity contribution < 1.29 is 9.53 Å². The highest BCUT2D eigenvalue weighted by molar-refractivity contribution is 7.09. The lowest BCUT2D eigenvalue weighted by atomic mass is 10.1. The fourth-order valence-corrected chi connectivity index (χ4v) is 2.88. The van der Waals surface area contributed by atoms with Crippen molar-refractivity contribution in [2.24, 2.45) is 0 Å². The Morgan fingerprint density at radius 2 is 2.19 bits per heavy atom. The fourth-order valence-electron chi connectivity index (χ4n) is 2.14. The van der Waals surface area contributed by atoms with Crippen molar-refractivity contribution in [3.05, 3.63) is 16.1 Å². The maximum Gasteiger partial charge on any atom is 0.270 e. The average molecular weight is 313 g/mol. The SMILES string of the molecule is CCN(CC)CCC[C@@H](C)NC(=O)c1csc(COC)n1. The molecule has 0 fully saturated rings. The van der Waals surface area contributed by atoms with E-state index in [1.807, 2.05) is 6.92 Å². The summed E-state index contributed by atoms with van der Waals surface area (Å²) in [4.78, 5) is 18.7. The van der Waals surface area contributed by atoms with Crippen LogP contribution in [-0.2, 0) is 11.3 Å². The smallest absolute Gasteiger partial charge is 0.270 e. The number of carbonyl (C=O) groups excluding carboxylic acids is 1. The molecule has 6 heteroatoms. The van der Waals surface area contributed by atoms with E-state index in [0.717, 1.165) is 37.5 Å². The van der Waals surface area contributed by atoms with Gasteiger partial charge in [0.1, 0.15) is 10.7 Å². The number of carbonyl (C=O) groups is 1. The number of rotatable bonds is 10. The van der Waals surface area contributed by atoms with Gasteiger partial charge in [-0.25, -0.2) is 4.98 Å². The molecule has 5 nitrogen and oxygen atoms in total. The lowest BCUT2D eigenvalue weighted by Crippen LogP contribution is -2.33. The fraction of sp³-hybridized carbons (Fsp3) is 0.733. The molecule has 1 heterocycles. The van der Waals surface area contributed by atoms with Crippen LogP contribution < -0.4 is 5.32 Å². The number of nitrogens with zero attached hydrogens (tertiary/aromatic N) is 2. The van der Waals surface area contributed by atoms with Crippen LogP contribution in [0.15, 0.2) is 5.38 Å². The number of hydrogen-bond donors (Lipinski definition) is 1. The molecule has 0 saturated heterocycles. The molecule has 0 bridgehead atoms. The molecule has 120 valence electrons. The summed E-state index contributed by atoms with van der Waals surface area (Å²) in [5.41, 5.74) is 0.489. The van der Waals surface area contributed by atoms with Gasteiger partial charge in [-0.15, -0.1) is 11.3 Å². The van der Waals surface area contributed by atoms with Crippen molar-refractivity contribution in [1.29, 1.82) is 0 Å². The lowest BCUT2D eigenvalue weighted by Gasteiger charge is -2.19. The average Bonchev–Trinajstić information content (AvgIpc) is 2.93. The monoisotopic (exact) mass is 313 g/mol. The number of amides is 1. The van der Waals surface area contributed by atoms with Crippen LogP contribution in [-0.4, -0.2) is 48.6 Å². The molecule has 1 N–H and O–H groups in total. The van der Waals surface area contributed by atoms with Crippen molar-refractivity contribution in [2.45, 2.75) is 46.3 Å². The van der Waals surface area contributed by atoms with Crippen molar-refractivity contribution in [2.75, 3.05) is 26.7 Å². The standard InChI is InChI=1S/C15H27N3O2S/c1-5-18(6-2)9-7-8-12(3)16-15(19)13-11-21-14(17-13)10-20-4/h11-12H,5-10H2,1-4H3,(H,16,19)/t12-/m1/s1. The van der Waals surface area contributed by atoms with Crippen molar-refractivity contribution >= 4 is 17.2 Å². The summed E-state index contributed by atoms with van der Waals surface area (Å²) >= 11 is 1.45. The Morgan fingerprint density at radius 1 is 1.48 bits per heavy atom. The zero-order valence-electron chi connectivity index (χ0n) is 13.5. The summed E-state index contributed by atoms with van der Waals surface area (Å²) in [6, 6.07) is 0.167. The van der Waals surface area contributed by atoms with Crippen LogP contribution in [0.1, 0.15) is 49.1 Å². The van der Waals surface area contributed by atoms with Gasteiger partial charge in [0.2, 0.25) is 0 Å². The van der Waals surface area contributed by atoms with Crippen molar-refractivity contribution in [3.8, 4) is 0 Å². The minimum absolute atomic E-state index is 0.0936. The molecule has 0 unspecified atom stereocenters. The molecule has 1 aromatic rings. The maximum absolute atomic E-state index is 12.1. The Kier molecular flexibility index (Phi) is 8.49. The Labute approximate surface area is 131 Å². The number of methoxy groups -OCH3 is 1. The largest absolute Gasteiger partial charge is 0.378 e. The molecule has 1 rings (SSSR count). The van der Waals surface area contributed by atoms with Crippen LogP contribution in [0.25, 0.3) is 0 Å². The lowest BCUT2D eigenvalue weighted by molar-refractivity contribution is 0.0932. The summed E-state index contributed by atoms with van der Waals surface area (Å²) in [5, 5.41) is 5.62. The zero-order chi connectivity index (χ0) is 15.7. The van der Waals surface area contributed by atoms with E-state index in [1.54, 1.807) is 12.5 Å². The van der Waals surface area contributed by atoms with Gasteiger partial charge in [-0.1, -0.05) is 13.8 Å². The molecule has 1 atom stereocenters. The third-order valence-electron chi connectivity index (χ3n) is 3.44. The number of thiazole rings is 1. The zero-order valence-corrected chi connectivity index (χ0v) is 14.3. The normalized spacial score (nSPS) is 12.6. The topological polar surface area (TPSA) is 54.5 Å².